The maximum atomic E-state index is 4.06. The van der Waals surface area contributed by atoms with Gasteiger partial charge in [-0.3, -0.25) is 2.78 Å². The summed E-state index contributed by atoms with van der Waals surface area (Å²) in [5, 5.41) is 0. The molecule has 0 bridgehead atoms. The number of imidazole rings is 1. The Morgan fingerprint density at radius 2 is 2.38 bits per heavy atom. The van der Waals surface area contributed by atoms with E-state index in [-0.39, 0.29) is 0 Å². The van der Waals surface area contributed by atoms with Crippen LogP contribution in [0.1, 0.15) is 5.69 Å². The zero-order chi connectivity index (χ0) is 6.15. The van der Waals surface area contributed by atoms with Gasteiger partial charge in [0, 0.05) is 0 Å². The first kappa shape index (κ1) is 6.79. The van der Waals surface area contributed by atoms with Gasteiger partial charge in [-0.1, -0.05) is 0 Å². The average Bonchev–Trinajstić information content (AvgIpc) is 1.98. The van der Waals surface area contributed by atoms with Crippen LogP contribution in [-0.2, 0) is 0 Å². The van der Waals surface area contributed by atoms with Crippen molar-refractivity contribution in [1.82, 2.24) is 7.76 Å². The normalized spacial score (nSPS) is 9.88. The van der Waals surface area contributed by atoms with Gasteiger partial charge >= 0.3 is 0 Å². The van der Waals surface area contributed by atoms with Crippen LogP contribution in [0.5, 0.6) is 0 Å². The lowest BCUT2D eigenvalue weighted by Gasteiger charge is -1.86. The smallest absolute Gasteiger partial charge is 0.123 e. The van der Waals surface area contributed by atoms with E-state index >= 15 is 0 Å². The van der Waals surface area contributed by atoms with E-state index in [1.54, 1.807) is 6.33 Å². The molecule has 0 radical (unpaired) electrons. The lowest BCUT2D eigenvalue weighted by molar-refractivity contribution is 1.21. The molecule has 8 heavy (non-hydrogen) atoms. The van der Waals surface area contributed by atoms with E-state index in [2.05, 4.69) is 50.4 Å². The summed E-state index contributed by atoms with van der Waals surface area (Å²) >= 11 is 4.40. The maximum absolute atomic E-state index is 4.06. The van der Waals surface area contributed by atoms with Crippen LogP contribution in [0.3, 0.4) is 0 Å². The second kappa shape index (κ2) is 2.51. The van der Waals surface area contributed by atoms with Crippen molar-refractivity contribution >= 4 is 45.5 Å². The summed E-state index contributed by atoms with van der Waals surface area (Å²) in [7, 11) is 0. The first-order valence-corrected chi connectivity index (χ1v) is 4.12. The second-order valence-corrected chi connectivity index (χ2v) is 3.49. The molecular weight excluding hydrogens is 330 g/mol. The van der Waals surface area contributed by atoms with E-state index in [0.717, 1.165) is 3.70 Å². The summed E-state index contributed by atoms with van der Waals surface area (Å²) in [4.78, 5) is 4.06. The van der Waals surface area contributed by atoms with Crippen molar-refractivity contribution in [2.75, 3.05) is 0 Å². The highest BCUT2D eigenvalue weighted by Gasteiger charge is 1.97. The fourth-order valence-electron chi connectivity index (χ4n) is 0.370. The molecule has 0 N–H and O–H groups in total. The molecule has 0 aliphatic rings. The fourth-order valence-corrected chi connectivity index (χ4v) is 1.57. The van der Waals surface area contributed by atoms with Crippen molar-refractivity contribution in [3.05, 3.63) is 15.7 Å². The second-order valence-electron chi connectivity index (χ2n) is 1.43. The Labute approximate surface area is 75.3 Å². The zero-order valence-corrected chi connectivity index (χ0v) is 8.54. The van der Waals surface area contributed by atoms with Gasteiger partial charge in [-0.2, -0.15) is 0 Å². The molecule has 1 aromatic rings. The molecule has 0 fully saturated rings. The molecule has 1 heterocycles. The lowest BCUT2D eigenvalue weighted by atomic mass is 10.6. The van der Waals surface area contributed by atoms with Crippen LogP contribution < -0.4 is 0 Å². The standard InChI is InChI=1S/C4H4I2N2/c1-3-4(5)7-2-8(3)6/h2H,1H3. The first-order valence-electron chi connectivity index (χ1n) is 2.07. The number of halogens is 2. The van der Waals surface area contributed by atoms with E-state index in [1.807, 2.05) is 9.70 Å². The third-order valence-electron chi connectivity index (χ3n) is 0.891. The van der Waals surface area contributed by atoms with Crippen molar-refractivity contribution in [3.8, 4) is 0 Å². The summed E-state index contributed by atoms with van der Waals surface area (Å²) in [5.41, 5.74) is 1.21. The highest BCUT2D eigenvalue weighted by atomic mass is 127. The molecule has 0 saturated carbocycles. The van der Waals surface area contributed by atoms with Crippen molar-refractivity contribution < 1.29 is 0 Å². The fraction of sp³-hybridized carbons (Fsp3) is 0.250. The minimum absolute atomic E-state index is 1.08. The van der Waals surface area contributed by atoms with Crippen LogP contribution in [0.4, 0.5) is 0 Å². The number of hydrogen-bond donors (Lipinski definition) is 0. The van der Waals surface area contributed by atoms with Gasteiger partial charge in [0.2, 0.25) is 0 Å². The molecule has 1 rings (SSSR count). The number of hydrogen-bond acceptors (Lipinski definition) is 1. The molecule has 0 spiro atoms. The van der Waals surface area contributed by atoms with Gasteiger partial charge in [0.25, 0.3) is 0 Å². The summed E-state index contributed by atoms with van der Waals surface area (Å²) in [5.74, 6) is 0. The molecule has 0 atom stereocenters. The molecular formula is C4H4I2N2. The van der Waals surface area contributed by atoms with Crippen molar-refractivity contribution in [1.29, 1.82) is 0 Å². The van der Waals surface area contributed by atoms with Gasteiger partial charge in [-0.25, -0.2) is 4.98 Å². The SMILES string of the molecule is Cc1c(I)ncn1I. The molecule has 44 valence electrons. The van der Waals surface area contributed by atoms with Crippen LogP contribution in [-0.4, -0.2) is 7.76 Å². The van der Waals surface area contributed by atoms with Gasteiger partial charge in [0.15, 0.2) is 0 Å². The van der Waals surface area contributed by atoms with Crippen molar-refractivity contribution in [2.45, 2.75) is 6.92 Å². The molecule has 0 aromatic carbocycles. The van der Waals surface area contributed by atoms with Gasteiger partial charge in [-0.05, 0) is 29.5 Å². The minimum Gasteiger partial charge on any atom is -0.275 e. The van der Waals surface area contributed by atoms with Crippen LogP contribution >= 0.6 is 45.5 Å². The number of aromatic nitrogens is 2. The van der Waals surface area contributed by atoms with Crippen LogP contribution in [0.2, 0.25) is 0 Å². The third-order valence-corrected chi connectivity index (χ3v) is 2.92. The summed E-state index contributed by atoms with van der Waals surface area (Å²) in [6.07, 6.45) is 1.80. The molecule has 2 nitrogen and oxygen atoms in total. The Bertz CT molecular complexity index is 174. The van der Waals surface area contributed by atoms with E-state index in [4.69, 9.17) is 0 Å². The Morgan fingerprint density at radius 1 is 1.75 bits per heavy atom. The third kappa shape index (κ3) is 1.15. The molecule has 0 saturated heterocycles. The Kier molecular flexibility index (Phi) is 2.13. The molecule has 0 unspecified atom stereocenters. The first-order chi connectivity index (χ1) is 3.72. The molecule has 1 aromatic heterocycles. The van der Waals surface area contributed by atoms with Gasteiger partial charge < -0.3 is 0 Å². The average molecular weight is 334 g/mol. The van der Waals surface area contributed by atoms with Crippen LogP contribution in [0.15, 0.2) is 6.33 Å². The summed E-state index contributed by atoms with van der Waals surface area (Å²) < 4.78 is 3.05. The highest BCUT2D eigenvalue weighted by molar-refractivity contribution is 14.1. The molecule has 4 heteroatoms. The Hall–Kier alpha value is 0.670. The Morgan fingerprint density at radius 3 is 2.50 bits per heavy atom. The molecule has 0 aliphatic heterocycles. The van der Waals surface area contributed by atoms with Gasteiger partial charge in [0.05, 0.1) is 28.6 Å². The number of rotatable bonds is 0. The zero-order valence-electron chi connectivity index (χ0n) is 4.23. The van der Waals surface area contributed by atoms with E-state index in [9.17, 15) is 0 Å². The minimum atomic E-state index is 1.08. The number of nitrogens with zero attached hydrogens (tertiary/aromatic N) is 2. The van der Waals surface area contributed by atoms with Crippen LogP contribution in [0, 0.1) is 10.6 Å². The van der Waals surface area contributed by atoms with Crippen molar-refractivity contribution in [3.63, 3.8) is 0 Å². The summed E-state index contributed by atoms with van der Waals surface area (Å²) in [6, 6.07) is 0. The lowest BCUT2D eigenvalue weighted by Crippen LogP contribution is -1.78. The monoisotopic (exact) mass is 334 g/mol. The topological polar surface area (TPSA) is 17.8 Å². The largest absolute Gasteiger partial charge is 0.275 e. The van der Waals surface area contributed by atoms with Crippen LogP contribution in [0.25, 0.3) is 0 Å². The van der Waals surface area contributed by atoms with Gasteiger partial charge in [0.1, 0.15) is 10.0 Å². The highest BCUT2D eigenvalue weighted by Crippen LogP contribution is 2.10. The molecule has 0 amide bonds. The van der Waals surface area contributed by atoms with Crippen molar-refractivity contribution in [2.24, 2.45) is 0 Å². The quantitative estimate of drug-likeness (QED) is 0.664. The van der Waals surface area contributed by atoms with Gasteiger partial charge in [-0.15, -0.1) is 0 Å². The Balaban J connectivity index is 3.19. The summed E-state index contributed by atoms with van der Waals surface area (Å²) in [6.45, 7) is 2.04. The van der Waals surface area contributed by atoms with E-state index < -0.39 is 0 Å². The van der Waals surface area contributed by atoms with E-state index in [0.29, 0.717) is 0 Å². The predicted molar refractivity (Wildman–Crippen MR) is 49.1 cm³/mol. The van der Waals surface area contributed by atoms with E-state index in [1.165, 1.54) is 5.69 Å². The predicted octanol–water partition coefficient (Wildman–Crippen LogP) is 1.99. The molecule has 0 aliphatic carbocycles. The maximum Gasteiger partial charge on any atom is 0.123 e.